The number of nitrogens with one attached hydrogen (secondary N) is 1. The van der Waals surface area contributed by atoms with E-state index in [4.69, 9.17) is 4.74 Å². The normalized spacial score (nSPS) is 21.7. The van der Waals surface area contributed by atoms with Gasteiger partial charge < -0.3 is 15.0 Å². The second kappa shape index (κ2) is 6.04. The molecule has 0 aromatic carbocycles. The zero-order valence-electron chi connectivity index (χ0n) is 12.2. The molecule has 0 spiro atoms. The first-order chi connectivity index (χ1) is 10.3. The molecule has 0 radical (unpaired) electrons. The van der Waals surface area contributed by atoms with E-state index in [1.165, 1.54) is 6.33 Å². The Kier molecular flexibility index (Phi) is 3.96. The van der Waals surface area contributed by atoms with E-state index in [-0.39, 0.29) is 6.10 Å². The highest BCUT2D eigenvalue weighted by Crippen LogP contribution is 2.25. The molecule has 1 aliphatic heterocycles. The lowest BCUT2D eigenvalue weighted by Gasteiger charge is -2.25. The molecule has 3 heterocycles. The Morgan fingerprint density at radius 3 is 2.95 bits per heavy atom. The molecule has 1 saturated heterocycles. The minimum absolute atomic E-state index is 0.214. The highest BCUT2D eigenvalue weighted by atomic mass is 16.5. The van der Waals surface area contributed by atoms with Crippen LogP contribution in [-0.4, -0.2) is 57.1 Å². The largest absolute Gasteiger partial charge is 0.380 e. The third-order valence-corrected chi connectivity index (χ3v) is 3.78. The third kappa shape index (κ3) is 2.94. The van der Waals surface area contributed by atoms with Crippen LogP contribution in [-0.2, 0) is 11.8 Å². The van der Waals surface area contributed by atoms with Crippen LogP contribution in [0.3, 0.4) is 0 Å². The Morgan fingerprint density at radius 1 is 1.38 bits per heavy atom. The van der Waals surface area contributed by atoms with Crippen molar-refractivity contribution in [2.45, 2.75) is 18.6 Å². The van der Waals surface area contributed by atoms with Gasteiger partial charge in [0.1, 0.15) is 18.5 Å². The Hall–Kier alpha value is -2.22. The predicted molar refractivity (Wildman–Crippen MR) is 78.1 cm³/mol. The first-order valence-corrected chi connectivity index (χ1v) is 6.91. The van der Waals surface area contributed by atoms with Crippen molar-refractivity contribution in [1.82, 2.24) is 24.7 Å². The smallest absolute Gasteiger partial charge is 0.220 e. The van der Waals surface area contributed by atoms with E-state index in [1.807, 2.05) is 13.1 Å². The van der Waals surface area contributed by atoms with Gasteiger partial charge in [-0.05, 0) is 12.5 Å². The van der Waals surface area contributed by atoms with Crippen LogP contribution < -0.4 is 10.2 Å². The number of hydrogen-bond donors (Lipinski definition) is 1. The Morgan fingerprint density at radius 2 is 2.29 bits per heavy atom. The summed E-state index contributed by atoms with van der Waals surface area (Å²) in [4.78, 5) is 14.7. The quantitative estimate of drug-likeness (QED) is 0.848. The van der Waals surface area contributed by atoms with Crippen LogP contribution in [0.25, 0.3) is 0 Å². The monoisotopic (exact) mass is 289 g/mol. The zero-order chi connectivity index (χ0) is 14.7. The molecule has 2 aromatic rings. The SMILES string of the molecule is CO[C@@H]1C[C@H](CNc2ncnn2C)N(c2ccncn2)C1. The van der Waals surface area contributed by atoms with Crippen LogP contribution in [0.2, 0.25) is 0 Å². The van der Waals surface area contributed by atoms with E-state index in [2.05, 4.69) is 30.3 Å². The highest BCUT2D eigenvalue weighted by molar-refractivity contribution is 5.41. The lowest BCUT2D eigenvalue weighted by molar-refractivity contribution is 0.118. The molecule has 1 N–H and O–H groups in total. The van der Waals surface area contributed by atoms with Gasteiger partial charge >= 0.3 is 0 Å². The van der Waals surface area contributed by atoms with Crippen LogP contribution in [0, 0.1) is 0 Å². The standard InChI is InChI=1S/C13H19N7O/c1-19-13(17-9-18-19)15-6-10-5-11(21-2)7-20(10)12-3-4-14-8-16-12/h3-4,8-11H,5-7H2,1-2H3,(H,15,17,18)/t10-,11-/m1/s1. The fraction of sp³-hybridized carbons (Fsp3) is 0.538. The maximum Gasteiger partial charge on any atom is 0.220 e. The molecule has 0 unspecified atom stereocenters. The summed E-state index contributed by atoms with van der Waals surface area (Å²) in [6.07, 6.45) is 6.03. The number of methoxy groups -OCH3 is 1. The van der Waals surface area contributed by atoms with Gasteiger partial charge in [-0.1, -0.05) is 0 Å². The summed E-state index contributed by atoms with van der Waals surface area (Å²) in [6, 6.07) is 2.22. The lowest BCUT2D eigenvalue weighted by Crippen LogP contribution is -2.36. The van der Waals surface area contributed by atoms with E-state index in [1.54, 1.807) is 24.3 Å². The van der Waals surface area contributed by atoms with Gasteiger partial charge in [-0.3, -0.25) is 0 Å². The van der Waals surface area contributed by atoms with E-state index in [9.17, 15) is 0 Å². The summed E-state index contributed by atoms with van der Waals surface area (Å²) >= 11 is 0. The Bertz CT molecular complexity index is 573. The number of rotatable bonds is 5. The van der Waals surface area contributed by atoms with Crippen molar-refractivity contribution in [2.24, 2.45) is 7.05 Å². The lowest BCUT2D eigenvalue weighted by atomic mass is 10.2. The molecule has 0 bridgehead atoms. The molecule has 1 aliphatic rings. The Balaban J connectivity index is 1.70. The van der Waals surface area contributed by atoms with Gasteiger partial charge in [0.15, 0.2) is 0 Å². The minimum Gasteiger partial charge on any atom is -0.380 e. The Labute approximate surface area is 123 Å². The second-order valence-electron chi connectivity index (χ2n) is 5.06. The van der Waals surface area contributed by atoms with Crippen LogP contribution in [0.1, 0.15) is 6.42 Å². The van der Waals surface area contributed by atoms with Gasteiger partial charge in [0.05, 0.1) is 12.1 Å². The molecule has 0 amide bonds. The fourth-order valence-electron chi connectivity index (χ4n) is 2.64. The van der Waals surface area contributed by atoms with E-state index >= 15 is 0 Å². The van der Waals surface area contributed by atoms with E-state index in [0.29, 0.717) is 6.04 Å². The summed E-state index contributed by atoms with van der Waals surface area (Å²) in [6.45, 7) is 1.59. The van der Waals surface area contributed by atoms with Crippen LogP contribution >= 0.6 is 0 Å². The van der Waals surface area contributed by atoms with Gasteiger partial charge in [0, 0.05) is 33.4 Å². The number of nitrogens with zero attached hydrogens (tertiary/aromatic N) is 6. The molecule has 21 heavy (non-hydrogen) atoms. The second-order valence-corrected chi connectivity index (χ2v) is 5.06. The van der Waals surface area contributed by atoms with E-state index < -0.39 is 0 Å². The molecule has 1 fully saturated rings. The number of hydrogen-bond acceptors (Lipinski definition) is 7. The molecule has 8 heteroatoms. The van der Waals surface area contributed by atoms with Crippen LogP contribution in [0.5, 0.6) is 0 Å². The van der Waals surface area contributed by atoms with Gasteiger partial charge in [-0.2, -0.15) is 10.1 Å². The first kappa shape index (κ1) is 13.7. The summed E-state index contributed by atoms with van der Waals surface area (Å²) in [7, 11) is 3.62. The molecule has 0 aliphatic carbocycles. The molecule has 3 rings (SSSR count). The molecular formula is C13H19N7O. The predicted octanol–water partition coefficient (Wildman–Crippen LogP) is 0.311. The fourth-order valence-corrected chi connectivity index (χ4v) is 2.64. The van der Waals surface area contributed by atoms with Crippen molar-refractivity contribution in [3.8, 4) is 0 Å². The third-order valence-electron chi connectivity index (χ3n) is 3.78. The topological polar surface area (TPSA) is 81.0 Å². The molecule has 2 aromatic heterocycles. The van der Waals surface area contributed by atoms with Crippen molar-refractivity contribution in [2.75, 3.05) is 30.4 Å². The summed E-state index contributed by atoms with van der Waals surface area (Å²) in [5.41, 5.74) is 0. The van der Waals surface area contributed by atoms with Crippen LogP contribution in [0.4, 0.5) is 11.8 Å². The summed E-state index contributed by atoms with van der Waals surface area (Å²) < 4.78 is 7.23. The minimum atomic E-state index is 0.214. The molecular weight excluding hydrogens is 270 g/mol. The van der Waals surface area contributed by atoms with Crippen molar-refractivity contribution in [3.63, 3.8) is 0 Å². The van der Waals surface area contributed by atoms with Gasteiger partial charge in [0.25, 0.3) is 0 Å². The van der Waals surface area contributed by atoms with E-state index in [0.717, 1.165) is 31.3 Å². The molecule has 8 nitrogen and oxygen atoms in total. The molecule has 2 atom stereocenters. The average Bonchev–Trinajstić information content (AvgIpc) is 3.12. The summed E-state index contributed by atoms with van der Waals surface area (Å²) in [5.74, 6) is 1.69. The molecule has 0 saturated carbocycles. The number of ether oxygens (including phenoxy) is 1. The van der Waals surface area contributed by atoms with Gasteiger partial charge in [-0.25, -0.2) is 14.6 Å². The first-order valence-electron chi connectivity index (χ1n) is 6.91. The molecule has 112 valence electrons. The van der Waals surface area contributed by atoms with Crippen molar-refractivity contribution < 1.29 is 4.74 Å². The number of anilines is 2. The van der Waals surface area contributed by atoms with Crippen LogP contribution in [0.15, 0.2) is 24.9 Å². The number of aryl methyl sites for hydroxylation is 1. The maximum atomic E-state index is 5.51. The summed E-state index contributed by atoms with van der Waals surface area (Å²) in [5, 5.41) is 7.38. The van der Waals surface area contributed by atoms with Crippen molar-refractivity contribution in [3.05, 3.63) is 24.9 Å². The maximum absolute atomic E-state index is 5.51. The highest BCUT2D eigenvalue weighted by Gasteiger charge is 2.33. The van der Waals surface area contributed by atoms with Crippen molar-refractivity contribution in [1.29, 1.82) is 0 Å². The number of aromatic nitrogens is 5. The zero-order valence-corrected chi connectivity index (χ0v) is 12.2. The van der Waals surface area contributed by atoms with Gasteiger partial charge in [0.2, 0.25) is 5.95 Å². The van der Waals surface area contributed by atoms with Crippen molar-refractivity contribution >= 4 is 11.8 Å². The van der Waals surface area contributed by atoms with Gasteiger partial charge in [-0.15, -0.1) is 0 Å². The average molecular weight is 289 g/mol.